The van der Waals surface area contributed by atoms with Gasteiger partial charge in [0.25, 0.3) is 5.88 Å². The van der Waals surface area contributed by atoms with Crippen LogP contribution in [0.5, 0.6) is 5.88 Å². The molecule has 0 unspecified atom stereocenters. The molecule has 0 aliphatic rings. The van der Waals surface area contributed by atoms with E-state index in [1.807, 2.05) is 0 Å². The number of aromatic nitrogens is 1. The van der Waals surface area contributed by atoms with Gasteiger partial charge in [-0.15, -0.1) is 0 Å². The third-order valence-electron chi connectivity index (χ3n) is 1.39. The Morgan fingerprint density at radius 3 is 2.92 bits per heavy atom. The van der Waals surface area contributed by atoms with Gasteiger partial charge in [-0.05, 0) is 0 Å². The van der Waals surface area contributed by atoms with Gasteiger partial charge in [-0.3, -0.25) is 0 Å². The molecule has 1 aromatic heterocycles. The molecule has 0 bridgehead atoms. The summed E-state index contributed by atoms with van der Waals surface area (Å²) >= 11 is 5.54. The topological polar surface area (TPSA) is 42.4 Å². The zero-order valence-corrected chi connectivity index (χ0v) is 7.10. The first kappa shape index (κ1) is 9.22. The molecule has 12 heavy (non-hydrogen) atoms. The molecule has 0 amide bonds. The summed E-state index contributed by atoms with van der Waals surface area (Å²) in [5.74, 6) is -0.879. The van der Waals surface area contributed by atoms with Crippen molar-refractivity contribution in [1.82, 2.24) is 4.98 Å². The summed E-state index contributed by atoms with van der Waals surface area (Å²) in [5, 5.41) is 8.80. The number of hydrogen-bond acceptors (Lipinski definition) is 3. The normalized spacial score (nSPS) is 10.0. The number of aliphatic hydroxyl groups excluding tert-OH is 1. The smallest absolute Gasteiger partial charge is 0.250 e. The lowest BCUT2D eigenvalue weighted by molar-refractivity contribution is 0.271. The molecular formula is C7H7ClFNO2. The number of pyridine rings is 1. The standard InChI is InChI=1S/C7H7ClFNO2/c1-12-7-6(9)4(3-11)5(8)2-10-7/h2,11H,3H2,1H3. The van der Waals surface area contributed by atoms with Gasteiger partial charge in [0, 0.05) is 5.56 Å². The zero-order chi connectivity index (χ0) is 9.14. The summed E-state index contributed by atoms with van der Waals surface area (Å²) in [5.41, 5.74) is 0.00326. The first-order valence-electron chi connectivity index (χ1n) is 3.18. The van der Waals surface area contributed by atoms with Crippen LogP contribution in [0.4, 0.5) is 4.39 Å². The molecule has 0 radical (unpaired) electrons. The minimum absolute atomic E-state index is 0.00326. The summed E-state index contributed by atoms with van der Waals surface area (Å²) in [6, 6.07) is 0. The molecule has 0 fully saturated rings. The van der Waals surface area contributed by atoms with Crippen LogP contribution >= 0.6 is 11.6 Å². The minimum atomic E-state index is -0.715. The Labute approximate surface area is 73.8 Å². The maximum atomic E-state index is 13.1. The Balaban J connectivity index is 3.24. The van der Waals surface area contributed by atoms with E-state index in [4.69, 9.17) is 16.7 Å². The first-order valence-corrected chi connectivity index (χ1v) is 3.56. The molecule has 1 heterocycles. The van der Waals surface area contributed by atoms with E-state index in [1.54, 1.807) is 0 Å². The van der Waals surface area contributed by atoms with Gasteiger partial charge >= 0.3 is 0 Å². The van der Waals surface area contributed by atoms with Gasteiger partial charge in [0.15, 0.2) is 5.82 Å². The van der Waals surface area contributed by atoms with Crippen LogP contribution in [0.2, 0.25) is 5.02 Å². The number of halogens is 2. The van der Waals surface area contributed by atoms with Crippen molar-refractivity contribution < 1.29 is 14.2 Å². The minimum Gasteiger partial charge on any atom is -0.479 e. The summed E-state index contributed by atoms with van der Waals surface area (Å²) in [7, 11) is 1.29. The fourth-order valence-electron chi connectivity index (χ4n) is 0.771. The molecule has 1 aromatic rings. The molecule has 1 rings (SSSR count). The van der Waals surface area contributed by atoms with E-state index in [2.05, 4.69) is 9.72 Å². The predicted molar refractivity (Wildman–Crippen MR) is 41.7 cm³/mol. The Kier molecular flexibility index (Phi) is 2.83. The van der Waals surface area contributed by atoms with Crippen molar-refractivity contribution in [1.29, 1.82) is 0 Å². The number of aliphatic hydroxyl groups is 1. The second-order valence-corrected chi connectivity index (χ2v) is 2.47. The van der Waals surface area contributed by atoms with E-state index >= 15 is 0 Å². The highest BCUT2D eigenvalue weighted by molar-refractivity contribution is 6.31. The van der Waals surface area contributed by atoms with Gasteiger partial charge in [0.2, 0.25) is 0 Å². The number of nitrogens with zero attached hydrogens (tertiary/aromatic N) is 1. The molecule has 66 valence electrons. The van der Waals surface area contributed by atoms with Crippen molar-refractivity contribution in [2.75, 3.05) is 7.11 Å². The molecule has 0 saturated heterocycles. The molecule has 0 spiro atoms. The third-order valence-corrected chi connectivity index (χ3v) is 1.71. The van der Waals surface area contributed by atoms with E-state index in [0.29, 0.717) is 0 Å². The van der Waals surface area contributed by atoms with Crippen LogP contribution in [0.25, 0.3) is 0 Å². The quantitative estimate of drug-likeness (QED) is 0.768. The van der Waals surface area contributed by atoms with Crippen LogP contribution in [-0.2, 0) is 6.61 Å². The Hall–Kier alpha value is -0.870. The van der Waals surface area contributed by atoms with Crippen LogP contribution in [0.1, 0.15) is 5.56 Å². The van der Waals surface area contributed by atoms with Gasteiger partial charge in [0.05, 0.1) is 24.9 Å². The lowest BCUT2D eigenvalue weighted by atomic mass is 10.2. The van der Waals surface area contributed by atoms with Crippen molar-refractivity contribution in [3.8, 4) is 5.88 Å². The van der Waals surface area contributed by atoms with Crippen molar-refractivity contribution >= 4 is 11.6 Å². The van der Waals surface area contributed by atoms with Crippen LogP contribution in [0.3, 0.4) is 0 Å². The van der Waals surface area contributed by atoms with E-state index in [1.165, 1.54) is 13.3 Å². The van der Waals surface area contributed by atoms with Crippen LogP contribution in [-0.4, -0.2) is 17.2 Å². The van der Waals surface area contributed by atoms with E-state index in [-0.39, 0.29) is 16.5 Å². The molecule has 5 heteroatoms. The third kappa shape index (κ3) is 1.49. The van der Waals surface area contributed by atoms with Crippen LogP contribution < -0.4 is 4.74 Å². The average Bonchev–Trinajstić information content (AvgIpc) is 2.06. The summed E-state index contributed by atoms with van der Waals surface area (Å²) in [6.07, 6.45) is 1.23. The lowest BCUT2D eigenvalue weighted by Gasteiger charge is -2.05. The lowest BCUT2D eigenvalue weighted by Crippen LogP contribution is -1.98. The predicted octanol–water partition coefficient (Wildman–Crippen LogP) is 1.37. The highest BCUT2D eigenvalue weighted by atomic mass is 35.5. The molecule has 0 aliphatic heterocycles. The maximum Gasteiger partial charge on any atom is 0.250 e. The fourth-order valence-corrected chi connectivity index (χ4v) is 0.963. The van der Waals surface area contributed by atoms with E-state index in [9.17, 15) is 4.39 Å². The van der Waals surface area contributed by atoms with Crippen LogP contribution in [0, 0.1) is 5.82 Å². The van der Waals surface area contributed by atoms with Gasteiger partial charge in [-0.2, -0.15) is 0 Å². The highest BCUT2D eigenvalue weighted by Crippen LogP contribution is 2.23. The summed E-state index contributed by atoms with van der Waals surface area (Å²) in [6.45, 7) is -0.469. The van der Waals surface area contributed by atoms with Crippen LogP contribution in [0.15, 0.2) is 6.20 Å². The van der Waals surface area contributed by atoms with Gasteiger partial charge in [0.1, 0.15) is 0 Å². The molecule has 0 atom stereocenters. The summed E-state index contributed by atoms with van der Waals surface area (Å²) < 4.78 is 17.7. The Morgan fingerprint density at radius 1 is 1.75 bits per heavy atom. The van der Waals surface area contributed by atoms with Crippen molar-refractivity contribution in [3.63, 3.8) is 0 Å². The first-order chi connectivity index (χ1) is 5.70. The summed E-state index contributed by atoms with van der Waals surface area (Å²) in [4.78, 5) is 3.56. The molecular weight excluding hydrogens is 185 g/mol. The monoisotopic (exact) mass is 191 g/mol. The molecule has 0 aromatic carbocycles. The fraction of sp³-hybridized carbons (Fsp3) is 0.286. The number of hydrogen-bond donors (Lipinski definition) is 1. The van der Waals surface area contributed by atoms with Gasteiger partial charge in [-0.25, -0.2) is 9.37 Å². The maximum absolute atomic E-state index is 13.1. The molecule has 1 N–H and O–H groups in total. The van der Waals surface area contributed by atoms with Crippen molar-refractivity contribution in [2.24, 2.45) is 0 Å². The molecule has 0 aliphatic carbocycles. The van der Waals surface area contributed by atoms with Crippen molar-refractivity contribution in [2.45, 2.75) is 6.61 Å². The van der Waals surface area contributed by atoms with Gasteiger partial charge in [-0.1, -0.05) is 11.6 Å². The average molecular weight is 192 g/mol. The number of rotatable bonds is 2. The molecule has 0 saturated carbocycles. The zero-order valence-electron chi connectivity index (χ0n) is 6.34. The SMILES string of the molecule is COc1ncc(Cl)c(CO)c1F. The van der Waals surface area contributed by atoms with Crippen molar-refractivity contribution in [3.05, 3.63) is 22.6 Å². The van der Waals surface area contributed by atoms with Gasteiger partial charge < -0.3 is 9.84 Å². The second-order valence-electron chi connectivity index (χ2n) is 2.07. The number of methoxy groups -OCH3 is 1. The number of ether oxygens (including phenoxy) is 1. The largest absolute Gasteiger partial charge is 0.479 e. The van der Waals surface area contributed by atoms with E-state index < -0.39 is 12.4 Å². The Bertz CT molecular complexity index is 293. The second kappa shape index (κ2) is 3.69. The highest BCUT2D eigenvalue weighted by Gasteiger charge is 2.12. The van der Waals surface area contributed by atoms with E-state index in [0.717, 1.165) is 0 Å². The molecule has 3 nitrogen and oxygen atoms in total. The Morgan fingerprint density at radius 2 is 2.42 bits per heavy atom.